The molecular formula is C18H18ClNO3. The number of aryl methyl sites for hydroxylation is 1. The van der Waals surface area contributed by atoms with Crippen LogP contribution in [0.15, 0.2) is 42.5 Å². The van der Waals surface area contributed by atoms with Crippen LogP contribution < -0.4 is 14.8 Å². The Labute approximate surface area is 140 Å². The highest BCUT2D eigenvalue weighted by Crippen LogP contribution is 2.31. The van der Waals surface area contributed by atoms with Crippen LogP contribution in [0.5, 0.6) is 11.5 Å². The Kier molecular flexibility index (Phi) is 5.66. The average Bonchev–Trinajstić information content (AvgIpc) is 2.55. The van der Waals surface area contributed by atoms with Crippen molar-refractivity contribution in [3.8, 4) is 11.5 Å². The molecule has 120 valence electrons. The first-order chi connectivity index (χ1) is 11.0. The normalized spacial score (nSPS) is 10.6. The number of methoxy groups -OCH3 is 2. The van der Waals surface area contributed by atoms with Gasteiger partial charge in [0.05, 0.1) is 24.9 Å². The number of ether oxygens (including phenoxy) is 2. The average molecular weight is 332 g/mol. The Morgan fingerprint density at radius 2 is 1.96 bits per heavy atom. The summed E-state index contributed by atoms with van der Waals surface area (Å²) in [6.45, 7) is 1.94. The van der Waals surface area contributed by atoms with Gasteiger partial charge in [0.25, 0.3) is 0 Å². The van der Waals surface area contributed by atoms with Crippen molar-refractivity contribution in [2.45, 2.75) is 6.92 Å². The first-order valence-corrected chi connectivity index (χ1v) is 7.39. The van der Waals surface area contributed by atoms with Crippen LogP contribution in [-0.4, -0.2) is 20.1 Å². The number of amides is 1. The molecule has 1 amide bonds. The molecule has 0 unspecified atom stereocenters. The van der Waals surface area contributed by atoms with E-state index in [0.29, 0.717) is 22.2 Å². The van der Waals surface area contributed by atoms with Crippen molar-refractivity contribution in [2.75, 3.05) is 19.5 Å². The van der Waals surface area contributed by atoms with Crippen molar-refractivity contribution in [3.05, 3.63) is 58.6 Å². The van der Waals surface area contributed by atoms with Crippen LogP contribution in [0, 0.1) is 6.92 Å². The number of hydrogen-bond donors (Lipinski definition) is 1. The maximum Gasteiger partial charge on any atom is 0.248 e. The third-order valence-electron chi connectivity index (χ3n) is 3.23. The molecule has 23 heavy (non-hydrogen) atoms. The Bertz CT molecular complexity index is 741. The minimum Gasteiger partial charge on any atom is -0.493 e. The van der Waals surface area contributed by atoms with E-state index in [1.807, 2.05) is 25.1 Å². The van der Waals surface area contributed by atoms with Crippen molar-refractivity contribution < 1.29 is 14.3 Å². The van der Waals surface area contributed by atoms with Gasteiger partial charge in [-0.25, -0.2) is 0 Å². The number of rotatable bonds is 5. The molecule has 2 aromatic rings. The van der Waals surface area contributed by atoms with Gasteiger partial charge in [-0.3, -0.25) is 4.79 Å². The van der Waals surface area contributed by atoms with Gasteiger partial charge in [-0.2, -0.15) is 0 Å². The maximum atomic E-state index is 12.0. The Balaban J connectivity index is 2.15. The monoisotopic (exact) mass is 331 g/mol. The van der Waals surface area contributed by atoms with Gasteiger partial charge >= 0.3 is 0 Å². The molecule has 2 aromatic carbocycles. The van der Waals surface area contributed by atoms with Gasteiger partial charge in [0.15, 0.2) is 11.5 Å². The summed E-state index contributed by atoms with van der Waals surface area (Å²) in [5.41, 5.74) is 2.35. The molecule has 0 aliphatic carbocycles. The molecule has 0 aromatic heterocycles. The van der Waals surface area contributed by atoms with E-state index < -0.39 is 0 Å². The summed E-state index contributed by atoms with van der Waals surface area (Å²) in [4.78, 5) is 12.0. The number of para-hydroxylation sites is 1. The molecule has 5 heteroatoms. The largest absolute Gasteiger partial charge is 0.493 e. The second-order valence-corrected chi connectivity index (χ2v) is 5.30. The summed E-state index contributed by atoms with van der Waals surface area (Å²) in [5.74, 6) is 0.907. The Hall–Kier alpha value is -2.46. The molecule has 0 spiro atoms. The Morgan fingerprint density at radius 1 is 1.17 bits per heavy atom. The van der Waals surface area contributed by atoms with Gasteiger partial charge in [0.1, 0.15) is 0 Å². The summed E-state index contributed by atoms with van der Waals surface area (Å²) in [6, 6.07) is 10.9. The third-order valence-corrected chi connectivity index (χ3v) is 3.54. The van der Waals surface area contributed by atoms with Gasteiger partial charge in [0, 0.05) is 11.6 Å². The zero-order valence-corrected chi connectivity index (χ0v) is 14.0. The van der Waals surface area contributed by atoms with Gasteiger partial charge < -0.3 is 14.8 Å². The van der Waals surface area contributed by atoms with Crippen molar-refractivity contribution in [1.82, 2.24) is 0 Å². The van der Waals surface area contributed by atoms with Crippen LogP contribution >= 0.6 is 11.6 Å². The molecule has 0 saturated heterocycles. The van der Waals surface area contributed by atoms with Gasteiger partial charge in [-0.15, -0.1) is 0 Å². The van der Waals surface area contributed by atoms with Crippen LogP contribution in [0.4, 0.5) is 5.69 Å². The summed E-state index contributed by atoms with van der Waals surface area (Å²) in [5, 5.41) is 3.25. The molecule has 0 radical (unpaired) electrons. The van der Waals surface area contributed by atoms with Crippen LogP contribution in [0.1, 0.15) is 11.1 Å². The smallest absolute Gasteiger partial charge is 0.248 e. The SMILES string of the molecule is COc1cccc(/C=C/C(=O)Nc2ccc(C)cc2Cl)c1OC. The number of halogens is 1. The number of anilines is 1. The second kappa shape index (κ2) is 7.70. The van der Waals surface area contributed by atoms with Gasteiger partial charge in [-0.1, -0.05) is 29.8 Å². The molecular weight excluding hydrogens is 314 g/mol. The highest BCUT2D eigenvalue weighted by Gasteiger charge is 2.08. The van der Waals surface area contributed by atoms with Crippen molar-refractivity contribution >= 4 is 29.3 Å². The molecule has 0 aliphatic heterocycles. The zero-order valence-electron chi connectivity index (χ0n) is 13.2. The van der Waals surface area contributed by atoms with Crippen molar-refractivity contribution in [1.29, 1.82) is 0 Å². The van der Waals surface area contributed by atoms with E-state index in [4.69, 9.17) is 21.1 Å². The van der Waals surface area contributed by atoms with E-state index in [1.165, 1.54) is 6.08 Å². The van der Waals surface area contributed by atoms with Crippen LogP contribution in [-0.2, 0) is 4.79 Å². The fourth-order valence-electron chi connectivity index (χ4n) is 2.10. The number of nitrogens with one attached hydrogen (secondary N) is 1. The summed E-state index contributed by atoms with van der Waals surface area (Å²) in [7, 11) is 3.12. The number of benzene rings is 2. The first-order valence-electron chi connectivity index (χ1n) is 7.01. The van der Waals surface area contributed by atoms with Crippen LogP contribution in [0.25, 0.3) is 6.08 Å². The summed E-state index contributed by atoms with van der Waals surface area (Å²) in [6.07, 6.45) is 3.09. The highest BCUT2D eigenvalue weighted by molar-refractivity contribution is 6.33. The molecule has 0 fully saturated rings. The minimum absolute atomic E-state index is 0.277. The van der Waals surface area contributed by atoms with Crippen LogP contribution in [0.3, 0.4) is 0 Å². The van der Waals surface area contributed by atoms with Gasteiger partial charge in [0.2, 0.25) is 5.91 Å². The fraction of sp³-hybridized carbons (Fsp3) is 0.167. The fourth-order valence-corrected chi connectivity index (χ4v) is 2.39. The molecule has 0 bridgehead atoms. The molecule has 4 nitrogen and oxygen atoms in total. The van der Waals surface area contributed by atoms with E-state index in [2.05, 4.69) is 5.32 Å². The lowest BCUT2D eigenvalue weighted by Crippen LogP contribution is -2.08. The lowest BCUT2D eigenvalue weighted by molar-refractivity contribution is -0.111. The van der Waals surface area contributed by atoms with E-state index in [1.54, 1.807) is 38.5 Å². The highest BCUT2D eigenvalue weighted by atomic mass is 35.5. The minimum atomic E-state index is -0.277. The quantitative estimate of drug-likeness (QED) is 0.830. The number of carbonyl (C=O) groups is 1. The van der Waals surface area contributed by atoms with E-state index >= 15 is 0 Å². The Morgan fingerprint density at radius 3 is 2.61 bits per heavy atom. The molecule has 0 saturated carbocycles. The lowest BCUT2D eigenvalue weighted by atomic mass is 10.1. The number of hydrogen-bond acceptors (Lipinski definition) is 3. The van der Waals surface area contributed by atoms with E-state index in [9.17, 15) is 4.79 Å². The molecule has 0 atom stereocenters. The number of carbonyl (C=O) groups excluding carboxylic acids is 1. The predicted molar refractivity (Wildman–Crippen MR) is 93.4 cm³/mol. The van der Waals surface area contributed by atoms with Crippen molar-refractivity contribution in [3.63, 3.8) is 0 Å². The second-order valence-electron chi connectivity index (χ2n) is 4.89. The van der Waals surface area contributed by atoms with Crippen molar-refractivity contribution in [2.24, 2.45) is 0 Å². The third kappa shape index (κ3) is 4.27. The predicted octanol–water partition coefficient (Wildman–Crippen LogP) is 4.32. The van der Waals surface area contributed by atoms with Gasteiger partial charge in [-0.05, 0) is 36.8 Å². The maximum absolute atomic E-state index is 12.0. The molecule has 0 aliphatic rings. The van der Waals surface area contributed by atoms with Crippen LogP contribution in [0.2, 0.25) is 5.02 Å². The van der Waals surface area contributed by atoms with E-state index in [-0.39, 0.29) is 5.91 Å². The molecule has 1 N–H and O–H groups in total. The molecule has 2 rings (SSSR count). The van der Waals surface area contributed by atoms with E-state index in [0.717, 1.165) is 11.1 Å². The topological polar surface area (TPSA) is 47.6 Å². The lowest BCUT2D eigenvalue weighted by Gasteiger charge is -2.10. The standard InChI is InChI=1S/C18H18ClNO3/c1-12-7-9-15(14(19)11-12)20-17(21)10-8-13-5-4-6-16(22-2)18(13)23-3/h4-11H,1-3H3,(H,20,21)/b10-8+. The summed E-state index contributed by atoms with van der Waals surface area (Å²) < 4.78 is 10.6. The summed E-state index contributed by atoms with van der Waals surface area (Å²) >= 11 is 6.10. The molecule has 0 heterocycles. The first kappa shape index (κ1) is 16.9. The zero-order chi connectivity index (χ0) is 16.8.